The van der Waals surface area contributed by atoms with Crippen molar-refractivity contribution in [3.8, 4) is 0 Å². The molecule has 8 nitrogen and oxygen atoms in total. The normalized spacial score (nSPS) is 16.9. The molecule has 0 spiro atoms. The largest absolute Gasteiger partial charge is 0.339 e. The van der Waals surface area contributed by atoms with Crippen LogP contribution in [0.2, 0.25) is 0 Å². The average molecular weight is 437 g/mol. The first kappa shape index (κ1) is 20.4. The van der Waals surface area contributed by atoms with Gasteiger partial charge in [-0.05, 0) is 37.1 Å². The van der Waals surface area contributed by atoms with Crippen LogP contribution >= 0.6 is 0 Å². The fourth-order valence-corrected chi connectivity index (χ4v) is 4.65. The van der Waals surface area contributed by atoms with E-state index in [9.17, 15) is 18.8 Å². The highest BCUT2D eigenvalue weighted by atomic mass is 19.1. The van der Waals surface area contributed by atoms with Crippen molar-refractivity contribution in [3.63, 3.8) is 0 Å². The molecule has 0 unspecified atom stereocenters. The van der Waals surface area contributed by atoms with E-state index in [0.717, 1.165) is 24.2 Å². The first-order chi connectivity index (χ1) is 15.4. The number of rotatable bonds is 2. The van der Waals surface area contributed by atoms with E-state index in [-0.39, 0.29) is 35.7 Å². The first-order valence-corrected chi connectivity index (χ1v) is 10.8. The molecular formula is C23H24FN5O3. The van der Waals surface area contributed by atoms with Crippen LogP contribution in [-0.2, 0) is 17.8 Å². The third kappa shape index (κ3) is 3.57. The second-order valence-electron chi connectivity index (χ2n) is 8.51. The lowest BCUT2D eigenvalue weighted by Crippen LogP contribution is -2.39. The highest BCUT2D eigenvalue weighted by Gasteiger charge is 2.28. The summed E-state index contributed by atoms with van der Waals surface area (Å²) in [5.41, 5.74) is 3.16. The van der Waals surface area contributed by atoms with Gasteiger partial charge in [0.2, 0.25) is 5.91 Å². The number of hydrogen-bond acceptors (Lipinski definition) is 4. The maximum absolute atomic E-state index is 13.1. The molecule has 32 heavy (non-hydrogen) atoms. The van der Waals surface area contributed by atoms with E-state index in [0.29, 0.717) is 42.8 Å². The SMILES string of the molecule is CC(=O)N1CCc2nc3cc(C4CCN(C(=O)c5ccc(F)cc5)CC4)[nH]n3c(=O)c2C1. The number of aromatic nitrogens is 3. The Balaban J connectivity index is 1.33. The number of aromatic amines is 1. The number of H-pyrrole nitrogens is 1. The fraction of sp³-hybridized carbons (Fsp3) is 0.391. The molecule has 1 aromatic carbocycles. The van der Waals surface area contributed by atoms with E-state index < -0.39 is 0 Å². The van der Waals surface area contributed by atoms with Crippen LogP contribution in [0.4, 0.5) is 4.39 Å². The van der Waals surface area contributed by atoms with Gasteiger partial charge in [0.05, 0.1) is 17.8 Å². The second-order valence-corrected chi connectivity index (χ2v) is 8.51. The van der Waals surface area contributed by atoms with Gasteiger partial charge in [-0.1, -0.05) is 0 Å². The lowest BCUT2D eigenvalue weighted by atomic mass is 9.93. The molecule has 0 aliphatic carbocycles. The Bertz CT molecular complexity index is 1260. The van der Waals surface area contributed by atoms with E-state index in [1.807, 2.05) is 6.07 Å². The zero-order chi connectivity index (χ0) is 22.4. The Morgan fingerprint density at radius 2 is 1.81 bits per heavy atom. The van der Waals surface area contributed by atoms with Crippen molar-refractivity contribution < 1.29 is 14.0 Å². The average Bonchev–Trinajstić information content (AvgIpc) is 3.23. The number of likely N-dealkylation sites (tertiary alicyclic amines) is 1. The number of halogens is 1. The molecule has 4 heterocycles. The van der Waals surface area contributed by atoms with Gasteiger partial charge in [-0.25, -0.2) is 13.9 Å². The third-order valence-electron chi connectivity index (χ3n) is 6.54. The molecule has 1 N–H and O–H groups in total. The fourth-order valence-electron chi connectivity index (χ4n) is 4.65. The van der Waals surface area contributed by atoms with Crippen LogP contribution in [0.1, 0.15) is 53.0 Å². The van der Waals surface area contributed by atoms with Crippen molar-refractivity contribution in [2.75, 3.05) is 19.6 Å². The molecule has 0 radical (unpaired) electrons. The molecule has 2 aromatic heterocycles. The summed E-state index contributed by atoms with van der Waals surface area (Å²) in [6.07, 6.45) is 2.09. The number of amides is 2. The highest BCUT2D eigenvalue weighted by molar-refractivity contribution is 5.94. The number of nitrogens with zero attached hydrogens (tertiary/aromatic N) is 4. The van der Waals surface area contributed by atoms with Gasteiger partial charge in [0.15, 0.2) is 5.65 Å². The van der Waals surface area contributed by atoms with Gasteiger partial charge in [-0.2, -0.15) is 0 Å². The Labute approximate surface area is 183 Å². The molecule has 0 bridgehead atoms. The molecule has 1 fully saturated rings. The van der Waals surface area contributed by atoms with Crippen molar-refractivity contribution in [1.82, 2.24) is 24.4 Å². The van der Waals surface area contributed by atoms with Gasteiger partial charge in [-0.15, -0.1) is 0 Å². The summed E-state index contributed by atoms with van der Waals surface area (Å²) in [4.78, 5) is 45.5. The molecule has 0 saturated carbocycles. The summed E-state index contributed by atoms with van der Waals surface area (Å²) in [5, 5.41) is 3.20. The molecule has 2 aliphatic heterocycles. The minimum absolute atomic E-state index is 0.0470. The smallest absolute Gasteiger partial charge is 0.277 e. The van der Waals surface area contributed by atoms with Crippen LogP contribution in [0, 0.1) is 5.82 Å². The maximum Gasteiger partial charge on any atom is 0.277 e. The van der Waals surface area contributed by atoms with E-state index in [1.54, 1.807) is 9.80 Å². The Kier molecular flexibility index (Phi) is 5.03. The summed E-state index contributed by atoms with van der Waals surface area (Å²) in [5.74, 6) is -0.326. The van der Waals surface area contributed by atoms with Crippen LogP contribution in [0.5, 0.6) is 0 Å². The van der Waals surface area contributed by atoms with Crippen LogP contribution in [0.15, 0.2) is 35.1 Å². The van der Waals surface area contributed by atoms with Crippen molar-refractivity contribution >= 4 is 17.5 Å². The summed E-state index contributed by atoms with van der Waals surface area (Å²) in [6, 6.07) is 7.53. The Morgan fingerprint density at radius 3 is 2.50 bits per heavy atom. The van der Waals surface area contributed by atoms with Gasteiger partial charge >= 0.3 is 0 Å². The number of benzene rings is 1. The quantitative estimate of drug-likeness (QED) is 0.665. The lowest BCUT2D eigenvalue weighted by Gasteiger charge is -2.31. The zero-order valence-electron chi connectivity index (χ0n) is 17.8. The van der Waals surface area contributed by atoms with Gasteiger partial charge in [0, 0.05) is 56.2 Å². The molecule has 9 heteroatoms. The minimum Gasteiger partial charge on any atom is -0.339 e. The van der Waals surface area contributed by atoms with Crippen LogP contribution in [-0.4, -0.2) is 55.8 Å². The predicted octanol–water partition coefficient (Wildman–Crippen LogP) is 2.09. The predicted molar refractivity (Wildman–Crippen MR) is 115 cm³/mol. The summed E-state index contributed by atoms with van der Waals surface area (Å²) >= 11 is 0. The number of piperidine rings is 1. The molecule has 0 atom stereocenters. The minimum atomic E-state index is -0.362. The summed E-state index contributed by atoms with van der Waals surface area (Å²) in [7, 11) is 0. The van der Waals surface area contributed by atoms with Crippen LogP contribution in [0.3, 0.4) is 0 Å². The van der Waals surface area contributed by atoms with Gasteiger partial charge in [0.1, 0.15) is 5.82 Å². The molecule has 2 aliphatic rings. The number of fused-ring (bicyclic) bond motifs is 2. The van der Waals surface area contributed by atoms with E-state index in [2.05, 4.69) is 10.1 Å². The van der Waals surface area contributed by atoms with Gasteiger partial charge in [0.25, 0.3) is 11.5 Å². The molecule has 2 amide bonds. The van der Waals surface area contributed by atoms with E-state index in [4.69, 9.17) is 0 Å². The number of hydrogen-bond donors (Lipinski definition) is 1. The van der Waals surface area contributed by atoms with Crippen LogP contribution in [0.25, 0.3) is 5.65 Å². The standard InChI is InChI=1S/C23H24FN5O3/c1-14(30)28-11-8-19-18(13-28)23(32)29-21(25-19)12-20(26-29)15-6-9-27(10-7-15)22(31)16-2-4-17(24)5-3-16/h2-5,12,15,26H,6-11,13H2,1H3. The maximum atomic E-state index is 13.1. The third-order valence-corrected chi connectivity index (χ3v) is 6.54. The summed E-state index contributed by atoms with van der Waals surface area (Å²) in [6.45, 7) is 3.54. The number of nitrogens with one attached hydrogen (secondary N) is 1. The zero-order valence-corrected chi connectivity index (χ0v) is 17.8. The van der Waals surface area contributed by atoms with Gasteiger partial charge in [-0.3, -0.25) is 19.5 Å². The van der Waals surface area contributed by atoms with E-state index in [1.165, 1.54) is 35.7 Å². The van der Waals surface area contributed by atoms with E-state index >= 15 is 0 Å². The monoisotopic (exact) mass is 437 g/mol. The Hall–Kier alpha value is -3.49. The topological polar surface area (TPSA) is 90.8 Å². The molecular weight excluding hydrogens is 413 g/mol. The van der Waals surface area contributed by atoms with Crippen molar-refractivity contribution in [1.29, 1.82) is 0 Å². The number of carbonyl (C=O) groups excluding carboxylic acids is 2. The second kappa shape index (κ2) is 7.89. The van der Waals surface area contributed by atoms with Gasteiger partial charge < -0.3 is 9.80 Å². The lowest BCUT2D eigenvalue weighted by molar-refractivity contribution is -0.129. The van der Waals surface area contributed by atoms with Crippen molar-refractivity contribution in [2.24, 2.45) is 0 Å². The number of carbonyl (C=O) groups is 2. The van der Waals surface area contributed by atoms with Crippen molar-refractivity contribution in [2.45, 2.75) is 38.6 Å². The first-order valence-electron chi connectivity index (χ1n) is 10.8. The van der Waals surface area contributed by atoms with Crippen LogP contribution < -0.4 is 5.56 Å². The molecule has 5 rings (SSSR count). The van der Waals surface area contributed by atoms with Crippen molar-refractivity contribution in [3.05, 3.63) is 69.0 Å². The highest BCUT2D eigenvalue weighted by Crippen LogP contribution is 2.28. The molecule has 1 saturated heterocycles. The molecule has 3 aromatic rings. The summed E-state index contributed by atoms with van der Waals surface area (Å²) < 4.78 is 14.6. The Morgan fingerprint density at radius 1 is 1.09 bits per heavy atom. The molecule has 166 valence electrons.